The van der Waals surface area contributed by atoms with Crippen molar-refractivity contribution in [2.45, 2.75) is 24.4 Å². The maximum Gasteiger partial charge on any atom is 0.136 e. The fourth-order valence-corrected chi connectivity index (χ4v) is 1.85. The van der Waals surface area contributed by atoms with Crippen molar-refractivity contribution >= 4 is 0 Å². The number of hydrogen-bond acceptors (Lipinski definition) is 10. The highest BCUT2D eigenvalue weighted by atomic mass is 17.1. The molecule has 16 heavy (non-hydrogen) atoms. The molecule has 0 spiro atoms. The lowest BCUT2D eigenvalue weighted by atomic mass is 10.1. The molecule has 4 atom stereocenters. The van der Waals surface area contributed by atoms with Gasteiger partial charge in [0.1, 0.15) is 24.4 Å². The van der Waals surface area contributed by atoms with Crippen molar-refractivity contribution in [3.05, 3.63) is 0 Å². The fraction of sp³-hybridized carbons (Fsp3) is 1.00. The predicted octanol–water partition coefficient (Wildman–Crippen LogP) is -1.45. The summed E-state index contributed by atoms with van der Waals surface area (Å²) in [5, 5.41) is 33.1. The molecule has 10 heteroatoms. The Kier molecular flexibility index (Phi) is 3.66. The first-order chi connectivity index (χ1) is 7.58. The molecule has 94 valence electrons. The number of ether oxygens (including phenoxy) is 2. The Balaban J connectivity index is 1.90. The molecule has 0 amide bonds. The molecule has 2 aliphatic heterocycles. The second-order valence-corrected chi connectivity index (χ2v) is 3.39. The first-order valence-corrected chi connectivity index (χ1v) is 4.50. The molecule has 0 saturated carbocycles. The van der Waals surface area contributed by atoms with Gasteiger partial charge < -0.3 is 9.47 Å². The summed E-state index contributed by atoms with van der Waals surface area (Å²) >= 11 is 0. The minimum atomic E-state index is -0.695. The smallest absolute Gasteiger partial charge is 0.136 e. The van der Waals surface area contributed by atoms with E-state index in [1.807, 2.05) is 0 Å². The third-order valence-electron chi connectivity index (χ3n) is 2.42. The van der Waals surface area contributed by atoms with E-state index in [4.69, 9.17) is 30.3 Å². The zero-order valence-corrected chi connectivity index (χ0v) is 8.04. The van der Waals surface area contributed by atoms with Crippen LogP contribution in [0.1, 0.15) is 0 Å². The maximum absolute atomic E-state index is 8.48. The van der Waals surface area contributed by atoms with Crippen molar-refractivity contribution in [2.75, 3.05) is 13.2 Å². The van der Waals surface area contributed by atoms with Crippen LogP contribution in [-0.2, 0) is 19.1 Å². The molecule has 0 unspecified atom stereocenters. The molecular weight excluding hydrogens is 228 g/mol. The van der Waals surface area contributed by atoms with E-state index in [0.717, 1.165) is 0 Å². The standard InChI is InChI=1S/C6H12N2O8/c9-7(10)15-3-1-13-6-4(16-8(11)12)2-14-5(3)6/h3-6,9-12H,1-2H2/t3-,4+,5-,6-/m1/s1. The van der Waals surface area contributed by atoms with Crippen LogP contribution in [0.2, 0.25) is 0 Å². The molecule has 2 fully saturated rings. The monoisotopic (exact) mass is 240 g/mol. The molecule has 0 aromatic rings. The Hall–Kier alpha value is -0.400. The molecular formula is C6H12N2O8. The summed E-state index contributed by atoms with van der Waals surface area (Å²) < 4.78 is 10.5. The molecule has 2 heterocycles. The van der Waals surface area contributed by atoms with Gasteiger partial charge in [-0.3, -0.25) is 20.8 Å². The van der Waals surface area contributed by atoms with Crippen molar-refractivity contribution in [1.82, 2.24) is 10.8 Å². The zero-order valence-electron chi connectivity index (χ0n) is 8.04. The van der Waals surface area contributed by atoms with Gasteiger partial charge in [0, 0.05) is 0 Å². The van der Waals surface area contributed by atoms with Crippen LogP contribution >= 0.6 is 0 Å². The number of rotatable bonds is 4. The van der Waals surface area contributed by atoms with Gasteiger partial charge in [-0.25, -0.2) is 9.68 Å². The van der Waals surface area contributed by atoms with Crippen molar-refractivity contribution in [3.8, 4) is 0 Å². The molecule has 0 aliphatic carbocycles. The molecule has 0 radical (unpaired) electrons. The Labute approximate surface area is 89.4 Å². The van der Waals surface area contributed by atoms with E-state index in [2.05, 4.69) is 9.68 Å². The summed E-state index contributed by atoms with van der Waals surface area (Å²) in [6.07, 6.45) is -2.52. The van der Waals surface area contributed by atoms with E-state index in [0.29, 0.717) is 0 Å². The zero-order chi connectivity index (χ0) is 11.7. The summed E-state index contributed by atoms with van der Waals surface area (Å²) in [5.41, 5.74) is 0. The van der Waals surface area contributed by atoms with Crippen LogP contribution in [0.15, 0.2) is 0 Å². The van der Waals surface area contributed by atoms with Gasteiger partial charge in [0.15, 0.2) is 0 Å². The van der Waals surface area contributed by atoms with Gasteiger partial charge in [0.25, 0.3) is 0 Å². The molecule has 2 saturated heterocycles. The van der Waals surface area contributed by atoms with Crippen molar-refractivity contribution in [3.63, 3.8) is 0 Å². The van der Waals surface area contributed by atoms with E-state index in [1.165, 1.54) is 0 Å². The highest BCUT2D eigenvalue weighted by molar-refractivity contribution is 4.95. The lowest BCUT2D eigenvalue weighted by Gasteiger charge is -2.17. The van der Waals surface area contributed by atoms with E-state index in [9.17, 15) is 0 Å². The van der Waals surface area contributed by atoms with Crippen molar-refractivity contribution in [1.29, 1.82) is 0 Å². The number of hydrogen-bond donors (Lipinski definition) is 4. The summed E-state index contributed by atoms with van der Waals surface area (Å²) in [6, 6.07) is 0. The second kappa shape index (κ2) is 4.85. The summed E-state index contributed by atoms with van der Waals surface area (Å²) in [7, 11) is 0. The predicted molar refractivity (Wildman–Crippen MR) is 40.1 cm³/mol. The van der Waals surface area contributed by atoms with Gasteiger partial charge in [-0.15, -0.1) is 0 Å². The Morgan fingerprint density at radius 3 is 1.50 bits per heavy atom. The van der Waals surface area contributed by atoms with Gasteiger partial charge in [-0.1, -0.05) is 0 Å². The number of fused-ring (bicyclic) bond motifs is 1. The lowest BCUT2D eigenvalue weighted by molar-refractivity contribution is -0.507. The van der Waals surface area contributed by atoms with Crippen LogP contribution in [0.25, 0.3) is 0 Å². The maximum atomic E-state index is 8.48. The third kappa shape index (κ3) is 2.46. The lowest BCUT2D eigenvalue weighted by Crippen LogP contribution is -2.38. The largest absolute Gasteiger partial charge is 0.370 e. The average molecular weight is 240 g/mol. The van der Waals surface area contributed by atoms with E-state index in [-0.39, 0.29) is 13.2 Å². The minimum absolute atomic E-state index is 0.0731. The van der Waals surface area contributed by atoms with Gasteiger partial charge in [0.2, 0.25) is 0 Å². The van der Waals surface area contributed by atoms with Gasteiger partial charge >= 0.3 is 0 Å². The molecule has 0 bridgehead atoms. The van der Waals surface area contributed by atoms with Crippen molar-refractivity contribution in [2.24, 2.45) is 0 Å². The fourth-order valence-electron chi connectivity index (χ4n) is 1.85. The van der Waals surface area contributed by atoms with Crippen LogP contribution in [-0.4, -0.2) is 69.2 Å². The topological polar surface area (TPSA) is 124 Å². The molecule has 2 aliphatic rings. The van der Waals surface area contributed by atoms with Gasteiger partial charge in [-0.2, -0.15) is 0 Å². The Bertz CT molecular complexity index is 215. The van der Waals surface area contributed by atoms with Crippen LogP contribution in [0, 0.1) is 0 Å². The molecule has 10 nitrogen and oxygen atoms in total. The summed E-state index contributed by atoms with van der Waals surface area (Å²) in [4.78, 5) is 9.16. The third-order valence-corrected chi connectivity index (χ3v) is 2.42. The van der Waals surface area contributed by atoms with Gasteiger partial charge in [0.05, 0.1) is 24.0 Å². The highest BCUT2D eigenvalue weighted by Crippen LogP contribution is 2.30. The van der Waals surface area contributed by atoms with Crippen LogP contribution in [0.5, 0.6) is 0 Å². The number of nitrogens with zero attached hydrogens (tertiary/aromatic N) is 2. The normalized spacial score (nSPS) is 38.6. The van der Waals surface area contributed by atoms with E-state index < -0.39 is 35.2 Å². The van der Waals surface area contributed by atoms with Gasteiger partial charge in [-0.05, 0) is 0 Å². The van der Waals surface area contributed by atoms with E-state index >= 15 is 0 Å². The molecule has 0 aromatic heterocycles. The summed E-state index contributed by atoms with van der Waals surface area (Å²) in [6.45, 7) is 0.146. The Morgan fingerprint density at radius 1 is 0.812 bits per heavy atom. The molecule has 4 N–H and O–H groups in total. The Morgan fingerprint density at radius 2 is 1.19 bits per heavy atom. The molecule has 2 rings (SSSR count). The average Bonchev–Trinajstić information content (AvgIpc) is 2.70. The first-order valence-electron chi connectivity index (χ1n) is 4.50. The van der Waals surface area contributed by atoms with Crippen LogP contribution in [0.4, 0.5) is 0 Å². The van der Waals surface area contributed by atoms with Crippen LogP contribution in [0.3, 0.4) is 0 Å². The second-order valence-electron chi connectivity index (χ2n) is 3.39. The van der Waals surface area contributed by atoms with Crippen LogP contribution < -0.4 is 0 Å². The SMILES string of the molecule is ON(O)O[C@H]1CO[C@H]2[C@@H]1OC[C@H]2ON(O)O. The van der Waals surface area contributed by atoms with E-state index in [1.54, 1.807) is 0 Å². The van der Waals surface area contributed by atoms with Crippen molar-refractivity contribution < 1.29 is 40.0 Å². The first kappa shape index (κ1) is 12.1. The minimum Gasteiger partial charge on any atom is -0.370 e. The molecule has 0 aromatic carbocycles. The highest BCUT2D eigenvalue weighted by Gasteiger charge is 2.50. The quantitative estimate of drug-likeness (QED) is 0.433. The summed E-state index contributed by atoms with van der Waals surface area (Å²) in [5.74, 6) is 0.